The summed E-state index contributed by atoms with van der Waals surface area (Å²) in [6.07, 6.45) is 2.41. The molecule has 1 saturated carbocycles. The molecule has 1 aromatic carbocycles. The predicted octanol–water partition coefficient (Wildman–Crippen LogP) is 2.46. The Balaban J connectivity index is 1.81. The molecule has 0 unspecified atom stereocenters. The van der Waals surface area contributed by atoms with Gasteiger partial charge in [0.1, 0.15) is 0 Å². The van der Waals surface area contributed by atoms with Crippen LogP contribution in [-0.4, -0.2) is 19.4 Å². The summed E-state index contributed by atoms with van der Waals surface area (Å²) in [5.41, 5.74) is 6.34. The van der Waals surface area contributed by atoms with Gasteiger partial charge in [0.05, 0.1) is 17.2 Å². The lowest BCUT2D eigenvalue weighted by Gasteiger charge is -2.07. The Morgan fingerprint density at radius 2 is 2.24 bits per heavy atom. The van der Waals surface area contributed by atoms with Gasteiger partial charge in [-0.3, -0.25) is 0 Å². The Hall–Kier alpha value is -1.26. The number of anilines is 1. The Bertz CT molecular complexity index is 418. The number of esters is 1. The molecule has 4 nitrogen and oxygen atoms in total. The highest BCUT2D eigenvalue weighted by molar-refractivity contribution is 6.33. The number of carbonyl (C=O) groups is 1. The zero-order valence-electron chi connectivity index (χ0n) is 9.32. The van der Waals surface area contributed by atoms with Gasteiger partial charge >= 0.3 is 5.97 Å². The van der Waals surface area contributed by atoms with E-state index in [1.807, 2.05) is 0 Å². The molecule has 2 rings (SSSR count). The first-order valence-corrected chi connectivity index (χ1v) is 5.84. The van der Waals surface area contributed by atoms with E-state index in [9.17, 15) is 4.79 Å². The molecule has 0 saturated heterocycles. The second-order valence-electron chi connectivity index (χ2n) is 4.10. The fourth-order valence-electron chi connectivity index (χ4n) is 1.37. The minimum atomic E-state index is -0.495. The lowest BCUT2D eigenvalue weighted by atomic mass is 10.2. The Morgan fingerprint density at radius 3 is 2.88 bits per heavy atom. The van der Waals surface area contributed by atoms with Gasteiger partial charge < -0.3 is 15.2 Å². The van der Waals surface area contributed by atoms with Gasteiger partial charge in [0, 0.05) is 5.69 Å². The summed E-state index contributed by atoms with van der Waals surface area (Å²) in [6, 6.07) is 4.66. The van der Waals surface area contributed by atoms with Crippen molar-refractivity contribution in [3.05, 3.63) is 28.8 Å². The molecule has 0 heterocycles. The molecule has 2 N–H and O–H groups in total. The molecule has 0 spiro atoms. The van der Waals surface area contributed by atoms with Gasteiger partial charge in [-0.2, -0.15) is 0 Å². The highest BCUT2D eigenvalue weighted by atomic mass is 35.5. The van der Waals surface area contributed by atoms with Crippen LogP contribution in [0.5, 0.6) is 0 Å². The molecule has 0 aromatic heterocycles. The van der Waals surface area contributed by atoms with E-state index in [-0.39, 0.29) is 11.8 Å². The number of hydrogen-bond acceptors (Lipinski definition) is 4. The average molecular weight is 256 g/mol. The third-order valence-corrected chi connectivity index (χ3v) is 2.85. The summed E-state index contributed by atoms with van der Waals surface area (Å²) >= 11 is 5.88. The number of benzene rings is 1. The Labute approximate surface area is 105 Å². The quantitative estimate of drug-likeness (QED) is 0.380. The zero-order valence-corrected chi connectivity index (χ0v) is 10.1. The van der Waals surface area contributed by atoms with E-state index < -0.39 is 5.97 Å². The Kier molecular flexibility index (Phi) is 3.86. The van der Waals surface area contributed by atoms with Crippen LogP contribution in [0.3, 0.4) is 0 Å². The van der Waals surface area contributed by atoms with Crippen LogP contribution in [0.25, 0.3) is 0 Å². The Morgan fingerprint density at radius 1 is 1.47 bits per heavy atom. The van der Waals surface area contributed by atoms with E-state index in [4.69, 9.17) is 26.8 Å². The van der Waals surface area contributed by atoms with Gasteiger partial charge in [-0.15, -0.1) is 0 Å². The molecule has 17 heavy (non-hydrogen) atoms. The molecule has 0 aliphatic heterocycles. The molecule has 1 aliphatic carbocycles. The summed E-state index contributed by atoms with van der Waals surface area (Å²) in [5, 5.41) is 0.289. The maximum absolute atomic E-state index is 11.6. The second kappa shape index (κ2) is 5.38. The van der Waals surface area contributed by atoms with Gasteiger partial charge in [0.25, 0.3) is 0 Å². The van der Waals surface area contributed by atoms with Crippen LogP contribution in [0.2, 0.25) is 5.02 Å². The maximum atomic E-state index is 11.6. The van der Waals surface area contributed by atoms with E-state index >= 15 is 0 Å². The highest BCUT2D eigenvalue weighted by Gasteiger charge is 2.21. The molecule has 0 bridgehead atoms. The van der Waals surface area contributed by atoms with Crippen molar-refractivity contribution in [2.24, 2.45) is 5.92 Å². The third-order valence-electron chi connectivity index (χ3n) is 2.54. The van der Waals surface area contributed by atoms with Crippen molar-refractivity contribution in [2.75, 3.05) is 19.1 Å². The van der Waals surface area contributed by atoms with Crippen LogP contribution in [0, 0.1) is 5.92 Å². The topological polar surface area (TPSA) is 61.6 Å². The number of rotatable bonds is 5. The smallest absolute Gasteiger partial charge is 0.341 e. The molecular weight excluding hydrogens is 242 g/mol. The monoisotopic (exact) mass is 255 g/mol. The average Bonchev–Trinajstić information content (AvgIpc) is 3.08. The molecule has 5 heteroatoms. The van der Waals surface area contributed by atoms with Crippen LogP contribution in [0.1, 0.15) is 23.2 Å². The fraction of sp³-hybridized carbons (Fsp3) is 0.417. The molecule has 1 aliphatic rings. The maximum Gasteiger partial charge on any atom is 0.341 e. The number of ether oxygens (including phenoxy) is 2. The number of hydrogen-bond donors (Lipinski definition) is 1. The van der Waals surface area contributed by atoms with Crippen LogP contribution in [-0.2, 0) is 9.47 Å². The summed E-state index contributed by atoms with van der Waals surface area (Å²) in [7, 11) is 0. The van der Waals surface area contributed by atoms with Crippen molar-refractivity contribution in [1.82, 2.24) is 0 Å². The first kappa shape index (κ1) is 12.2. The van der Waals surface area contributed by atoms with E-state index in [1.165, 1.54) is 18.9 Å². The van der Waals surface area contributed by atoms with Crippen LogP contribution < -0.4 is 5.73 Å². The minimum Gasteiger partial charge on any atom is -0.435 e. The second-order valence-corrected chi connectivity index (χ2v) is 4.51. The van der Waals surface area contributed by atoms with Crippen molar-refractivity contribution in [1.29, 1.82) is 0 Å². The summed E-state index contributed by atoms with van der Waals surface area (Å²) < 4.78 is 10.1. The lowest BCUT2D eigenvalue weighted by Crippen LogP contribution is -2.10. The molecule has 0 amide bonds. The molecular formula is C12H14ClNO3. The van der Waals surface area contributed by atoms with Gasteiger partial charge in [-0.25, -0.2) is 4.79 Å². The van der Waals surface area contributed by atoms with Crippen LogP contribution in [0.4, 0.5) is 5.69 Å². The molecule has 1 aromatic rings. The fourth-order valence-corrected chi connectivity index (χ4v) is 1.64. The molecule has 1 fully saturated rings. The summed E-state index contributed by atoms with van der Waals surface area (Å²) in [5.74, 6) is 0.152. The highest BCUT2D eigenvalue weighted by Crippen LogP contribution is 2.28. The largest absolute Gasteiger partial charge is 0.435 e. The molecule has 92 valence electrons. The normalized spacial score (nSPS) is 14.6. The minimum absolute atomic E-state index is 0.0317. The first-order valence-electron chi connectivity index (χ1n) is 5.46. The van der Waals surface area contributed by atoms with E-state index in [0.717, 1.165) is 0 Å². The third kappa shape index (κ3) is 3.61. The summed E-state index contributed by atoms with van der Waals surface area (Å²) in [4.78, 5) is 11.6. The van der Waals surface area contributed by atoms with Gasteiger partial charge in [0.15, 0.2) is 6.79 Å². The van der Waals surface area contributed by atoms with Crippen molar-refractivity contribution in [3.8, 4) is 0 Å². The molecule has 0 atom stereocenters. The number of nitrogen functional groups attached to an aromatic ring is 1. The van der Waals surface area contributed by atoms with Gasteiger partial charge in [0.2, 0.25) is 0 Å². The van der Waals surface area contributed by atoms with Crippen LogP contribution >= 0.6 is 11.6 Å². The van der Waals surface area contributed by atoms with Crippen LogP contribution in [0.15, 0.2) is 18.2 Å². The van der Waals surface area contributed by atoms with Gasteiger partial charge in [-0.05, 0) is 37.0 Å². The van der Waals surface area contributed by atoms with Crippen molar-refractivity contribution >= 4 is 23.3 Å². The van der Waals surface area contributed by atoms with Crippen molar-refractivity contribution in [3.63, 3.8) is 0 Å². The lowest BCUT2D eigenvalue weighted by molar-refractivity contribution is -0.0344. The van der Waals surface area contributed by atoms with Crippen molar-refractivity contribution < 1.29 is 14.3 Å². The molecule has 0 radical (unpaired) electrons. The summed E-state index contributed by atoms with van der Waals surface area (Å²) in [6.45, 7) is 0.624. The number of carbonyl (C=O) groups excluding carboxylic acids is 1. The number of halogens is 1. The van der Waals surface area contributed by atoms with Crippen molar-refractivity contribution in [2.45, 2.75) is 12.8 Å². The van der Waals surface area contributed by atoms with E-state index in [1.54, 1.807) is 12.1 Å². The zero-order chi connectivity index (χ0) is 12.3. The number of nitrogens with two attached hydrogens (primary N) is 1. The first-order chi connectivity index (χ1) is 8.16. The van der Waals surface area contributed by atoms with E-state index in [2.05, 4.69) is 0 Å². The van der Waals surface area contributed by atoms with E-state index in [0.29, 0.717) is 23.8 Å². The SMILES string of the molecule is Nc1ccc(C(=O)OCOCC2CC2)c(Cl)c1. The predicted molar refractivity (Wildman–Crippen MR) is 64.8 cm³/mol. The van der Waals surface area contributed by atoms with Gasteiger partial charge in [-0.1, -0.05) is 11.6 Å². The standard InChI is InChI=1S/C12H14ClNO3/c13-11-5-9(14)3-4-10(11)12(15)17-7-16-6-8-1-2-8/h3-5,8H,1-2,6-7,14H2.